The Balaban J connectivity index is 2.47. The first-order valence-corrected chi connectivity index (χ1v) is 20.5. The number of aliphatic hydroxyl groups excluding tert-OH is 5. The second-order valence-corrected chi connectivity index (χ2v) is 14.1. The molecule has 52 heavy (non-hydrogen) atoms. The Bertz CT molecular complexity index is 994. The first kappa shape index (κ1) is 47.9. The van der Waals surface area contributed by atoms with Crippen LogP contribution >= 0.6 is 0 Å². The monoisotopic (exact) mass is 734 g/mol. The number of carbonyl (C=O) groups excluding carboxylic acids is 1. The van der Waals surface area contributed by atoms with Crippen molar-refractivity contribution in [3.05, 3.63) is 60.8 Å². The molecule has 0 aromatic heterocycles. The number of unbranched alkanes of at least 4 members (excludes halogenated alkanes) is 13. The second kappa shape index (κ2) is 33.5. The quantitative estimate of drug-likeness (QED) is 0.0305. The van der Waals surface area contributed by atoms with Gasteiger partial charge in [0.2, 0.25) is 5.91 Å². The third kappa shape index (κ3) is 24.3. The molecule has 300 valence electrons. The van der Waals surface area contributed by atoms with Gasteiger partial charge < -0.3 is 40.3 Å². The molecule has 1 rings (SSSR count). The number of aliphatic hydroxyl groups is 5. The van der Waals surface area contributed by atoms with Crippen LogP contribution in [0.15, 0.2) is 60.8 Å². The molecule has 6 N–H and O–H groups in total. The number of nitrogens with one attached hydrogen (secondary N) is 1. The van der Waals surface area contributed by atoms with Crippen LogP contribution in [-0.4, -0.2) is 87.5 Å². The van der Waals surface area contributed by atoms with Gasteiger partial charge in [-0.05, 0) is 38.5 Å². The molecular formula is C43H75NO8. The molecule has 1 amide bonds. The second-order valence-electron chi connectivity index (χ2n) is 14.1. The number of ether oxygens (including phenoxy) is 2. The molecule has 1 saturated heterocycles. The molecule has 1 heterocycles. The van der Waals surface area contributed by atoms with Crippen molar-refractivity contribution in [1.29, 1.82) is 0 Å². The first-order valence-electron chi connectivity index (χ1n) is 20.5. The zero-order valence-electron chi connectivity index (χ0n) is 32.5. The van der Waals surface area contributed by atoms with E-state index >= 15 is 0 Å². The third-order valence-electron chi connectivity index (χ3n) is 9.41. The fraction of sp³-hybridized carbons (Fsp3) is 0.744. The number of carbonyl (C=O) groups is 1. The van der Waals surface area contributed by atoms with Gasteiger partial charge in [0.15, 0.2) is 6.29 Å². The van der Waals surface area contributed by atoms with Crippen molar-refractivity contribution >= 4 is 5.91 Å². The lowest BCUT2D eigenvalue weighted by atomic mass is 9.99. The summed E-state index contributed by atoms with van der Waals surface area (Å²) < 4.78 is 11.2. The average molecular weight is 734 g/mol. The third-order valence-corrected chi connectivity index (χ3v) is 9.41. The smallest absolute Gasteiger partial charge is 0.224 e. The molecular weight excluding hydrogens is 658 g/mol. The Kier molecular flexibility index (Phi) is 30.8. The first-order chi connectivity index (χ1) is 25.3. The summed E-state index contributed by atoms with van der Waals surface area (Å²) in [6.07, 6.45) is 35.3. The van der Waals surface area contributed by atoms with E-state index in [1.165, 1.54) is 70.6 Å². The fourth-order valence-corrected chi connectivity index (χ4v) is 6.11. The van der Waals surface area contributed by atoms with E-state index in [0.717, 1.165) is 44.9 Å². The van der Waals surface area contributed by atoms with E-state index in [1.54, 1.807) is 6.08 Å². The lowest BCUT2D eigenvalue weighted by molar-refractivity contribution is -0.302. The van der Waals surface area contributed by atoms with Gasteiger partial charge in [-0.1, -0.05) is 164 Å². The highest BCUT2D eigenvalue weighted by Gasteiger charge is 2.44. The predicted molar refractivity (Wildman–Crippen MR) is 212 cm³/mol. The van der Waals surface area contributed by atoms with Gasteiger partial charge in [-0.25, -0.2) is 0 Å². The van der Waals surface area contributed by atoms with Gasteiger partial charge in [-0.2, -0.15) is 0 Å². The molecule has 0 aromatic rings. The molecule has 1 aliphatic rings. The van der Waals surface area contributed by atoms with E-state index in [4.69, 9.17) is 9.47 Å². The van der Waals surface area contributed by atoms with Crippen molar-refractivity contribution in [1.82, 2.24) is 5.32 Å². The SMILES string of the molecule is CC/C=C\C/C=C\C/C=C\C/C=C\C/C=C\CC(=O)NC(COC1OC(CO)C(O)C(O)C1O)C(O)CCCCCCCCCCCCCCCC. The summed E-state index contributed by atoms with van der Waals surface area (Å²) in [6, 6.07) is -0.774. The maximum Gasteiger partial charge on any atom is 0.224 e. The standard InChI is InChI=1S/C43H75NO8/c1-3-5-7-9-11-13-15-17-19-21-23-25-27-29-31-33-39(47)44-36(35-51-43-42(50)41(49)40(48)38(34-45)52-43)37(46)32-30-28-26-24-22-20-18-16-14-12-10-8-6-4-2/h5,7,11,13,17,19,23,25,29,31,36-38,40-43,45-46,48-50H,3-4,6,8-10,12,14-16,18,20-22,24,26-28,30,32-35H2,1-2H3,(H,44,47)/b7-5-,13-11-,19-17-,25-23-,31-29-. The fourth-order valence-electron chi connectivity index (χ4n) is 6.11. The van der Waals surface area contributed by atoms with E-state index in [9.17, 15) is 30.3 Å². The molecule has 1 aliphatic heterocycles. The Labute approximate surface area is 316 Å². The summed E-state index contributed by atoms with van der Waals surface area (Å²) in [5.41, 5.74) is 0. The largest absolute Gasteiger partial charge is 0.394 e. The van der Waals surface area contributed by atoms with Crippen LogP contribution in [0.2, 0.25) is 0 Å². The number of amides is 1. The number of hydrogen-bond donors (Lipinski definition) is 6. The van der Waals surface area contributed by atoms with Crippen molar-refractivity contribution in [2.75, 3.05) is 13.2 Å². The molecule has 0 saturated carbocycles. The predicted octanol–water partition coefficient (Wildman–Crippen LogP) is 7.66. The van der Waals surface area contributed by atoms with Gasteiger partial charge in [0.05, 0.1) is 25.4 Å². The van der Waals surface area contributed by atoms with Gasteiger partial charge in [-0.3, -0.25) is 4.79 Å². The van der Waals surface area contributed by atoms with Crippen LogP contribution in [-0.2, 0) is 14.3 Å². The Morgan fingerprint density at radius 3 is 1.60 bits per heavy atom. The summed E-state index contributed by atoms with van der Waals surface area (Å²) >= 11 is 0. The Morgan fingerprint density at radius 2 is 1.12 bits per heavy atom. The number of rotatable bonds is 32. The summed E-state index contributed by atoms with van der Waals surface area (Å²) in [5, 5.41) is 54.1. The van der Waals surface area contributed by atoms with E-state index in [0.29, 0.717) is 12.8 Å². The summed E-state index contributed by atoms with van der Waals surface area (Å²) in [7, 11) is 0. The molecule has 7 unspecified atom stereocenters. The van der Waals surface area contributed by atoms with Crippen LogP contribution in [0.3, 0.4) is 0 Å². The highest BCUT2D eigenvalue weighted by atomic mass is 16.7. The van der Waals surface area contributed by atoms with Gasteiger partial charge in [0.1, 0.15) is 24.4 Å². The van der Waals surface area contributed by atoms with Gasteiger partial charge in [-0.15, -0.1) is 0 Å². The summed E-state index contributed by atoms with van der Waals surface area (Å²) in [6.45, 7) is 3.63. The minimum atomic E-state index is -1.57. The van der Waals surface area contributed by atoms with E-state index < -0.39 is 49.5 Å². The zero-order valence-corrected chi connectivity index (χ0v) is 32.5. The molecule has 0 aromatic carbocycles. The Hall–Kier alpha value is -2.11. The molecule has 0 radical (unpaired) electrons. The van der Waals surface area contributed by atoms with Crippen molar-refractivity contribution < 1.29 is 39.8 Å². The molecule has 1 fully saturated rings. The topological polar surface area (TPSA) is 149 Å². The van der Waals surface area contributed by atoms with Crippen LogP contribution in [0.25, 0.3) is 0 Å². The van der Waals surface area contributed by atoms with E-state index in [-0.39, 0.29) is 18.9 Å². The number of allylic oxidation sites excluding steroid dienone is 9. The molecule has 7 atom stereocenters. The highest BCUT2D eigenvalue weighted by Crippen LogP contribution is 2.23. The minimum Gasteiger partial charge on any atom is -0.394 e. The normalized spacial score (nSPS) is 22.5. The van der Waals surface area contributed by atoms with Crippen molar-refractivity contribution in [2.45, 2.75) is 192 Å². The molecule has 0 spiro atoms. The van der Waals surface area contributed by atoms with Gasteiger partial charge in [0, 0.05) is 6.42 Å². The average Bonchev–Trinajstić information content (AvgIpc) is 3.14. The van der Waals surface area contributed by atoms with Crippen LogP contribution in [0.4, 0.5) is 0 Å². The summed E-state index contributed by atoms with van der Waals surface area (Å²) in [5.74, 6) is -0.274. The number of hydrogen-bond acceptors (Lipinski definition) is 8. The van der Waals surface area contributed by atoms with Crippen molar-refractivity contribution in [3.63, 3.8) is 0 Å². The van der Waals surface area contributed by atoms with Crippen LogP contribution in [0.1, 0.15) is 149 Å². The molecule has 0 aliphatic carbocycles. The van der Waals surface area contributed by atoms with Crippen LogP contribution in [0, 0.1) is 0 Å². The maximum absolute atomic E-state index is 12.9. The van der Waals surface area contributed by atoms with Crippen LogP contribution < -0.4 is 5.32 Å². The van der Waals surface area contributed by atoms with Crippen molar-refractivity contribution in [3.8, 4) is 0 Å². The molecule has 9 nitrogen and oxygen atoms in total. The molecule has 0 bridgehead atoms. The lowest BCUT2D eigenvalue weighted by Gasteiger charge is -2.40. The van der Waals surface area contributed by atoms with Crippen LogP contribution in [0.5, 0.6) is 0 Å². The van der Waals surface area contributed by atoms with Gasteiger partial charge in [0.25, 0.3) is 0 Å². The zero-order chi connectivity index (χ0) is 38.1. The Morgan fingerprint density at radius 1 is 0.654 bits per heavy atom. The maximum atomic E-state index is 12.9. The minimum absolute atomic E-state index is 0.135. The van der Waals surface area contributed by atoms with Gasteiger partial charge >= 0.3 is 0 Å². The highest BCUT2D eigenvalue weighted by molar-refractivity contribution is 5.77. The molecule has 9 heteroatoms. The summed E-state index contributed by atoms with van der Waals surface area (Å²) in [4.78, 5) is 12.9. The lowest BCUT2D eigenvalue weighted by Crippen LogP contribution is -2.60. The van der Waals surface area contributed by atoms with Crippen molar-refractivity contribution in [2.24, 2.45) is 0 Å². The van der Waals surface area contributed by atoms with E-state index in [1.807, 2.05) is 6.08 Å². The van der Waals surface area contributed by atoms with E-state index in [2.05, 4.69) is 67.8 Å².